The van der Waals surface area contributed by atoms with Crippen LogP contribution in [0.1, 0.15) is 39.0 Å². The van der Waals surface area contributed by atoms with E-state index in [2.05, 4.69) is 0 Å². The number of ether oxygens (including phenoxy) is 1. The van der Waals surface area contributed by atoms with Gasteiger partial charge in [-0.15, -0.1) is 0 Å². The van der Waals surface area contributed by atoms with E-state index in [9.17, 15) is 8.42 Å². The van der Waals surface area contributed by atoms with Crippen LogP contribution in [0.25, 0.3) is 0 Å². The van der Waals surface area contributed by atoms with Crippen LogP contribution in [0.3, 0.4) is 0 Å². The molecule has 0 radical (unpaired) electrons. The molecule has 0 amide bonds. The van der Waals surface area contributed by atoms with E-state index < -0.39 is 9.84 Å². The summed E-state index contributed by atoms with van der Waals surface area (Å²) >= 11 is 0. The molecule has 2 N–H and O–H groups in total. The Morgan fingerprint density at radius 3 is 2.69 bits per heavy atom. The summed E-state index contributed by atoms with van der Waals surface area (Å²) in [7, 11) is -2.90. The van der Waals surface area contributed by atoms with Crippen LogP contribution in [0.2, 0.25) is 0 Å². The molecule has 0 spiro atoms. The van der Waals surface area contributed by atoms with Gasteiger partial charge in [-0.2, -0.15) is 0 Å². The summed E-state index contributed by atoms with van der Waals surface area (Å²) in [4.78, 5) is 0. The molecular formula is C11H23NO3S. The van der Waals surface area contributed by atoms with Gasteiger partial charge in [0.15, 0.2) is 9.84 Å². The van der Waals surface area contributed by atoms with Gasteiger partial charge in [0.05, 0.1) is 18.5 Å². The second-order valence-electron chi connectivity index (χ2n) is 4.57. The zero-order valence-electron chi connectivity index (χ0n) is 10.0. The minimum atomic E-state index is -2.90. The molecule has 1 saturated carbocycles. The van der Waals surface area contributed by atoms with Crippen molar-refractivity contribution >= 4 is 9.84 Å². The van der Waals surface area contributed by atoms with Gasteiger partial charge in [0, 0.05) is 11.8 Å². The van der Waals surface area contributed by atoms with Crippen LogP contribution < -0.4 is 5.73 Å². The highest BCUT2D eigenvalue weighted by Crippen LogP contribution is 2.19. The van der Waals surface area contributed by atoms with Gasteiger partial charge >= 0.3 is 0 Å². The standard InChI is InChI=1S/C11H23NO3S/c1-2-7-16(13,14)8-6-15-11-5-3-4-10(12)9-11/h10-11H,2-9,12H2,1H3. The SMILES string of the molecule is CCCS(=O)(=O)CCOC1CCCC(N)C1. The van der Waals surface area contributed by atoms with Crippen molar-refractivity contribution in [2.75, 3.05) is 18.1 Å². The second-order valence-corrected chi connectivity index (χ2v) is 6.87. The molecule has 1 rings (SSSR count). The highest BCUT2D eigenvalue weighted by Gasteiger charge is 2.20. The molecule has 0 bridgehead atoms. The highest BCUT2D eigenvalue weighted by atomic mass is 32.2. The fourth-order valence-corrected chi connectivity index (χ4v) is 3.26. The third kappa shape index (κ3) is 5.27. The molecule has 0 aliphatic heterocycles. The van der Waals surface area contributed by atoms with Crippen molar-refractivity contribution in [2.45, 2.75) is 51.2 Å². The quantitative estimate of drug-likeness (QED) is 0.765. The van der Waals surface area contributed by atoms with E-state index in [0.717, 1.165) is 25.7 Å². The first-order valence-corrected chi connectivity index (χ1v) is 7.93. The van der Waals surface area contributed by atoms with Crippen molar-refractivity contribution in [1.82, 2.24) is 0 Å². The molecule has 1 aliphatic rings. The van der Waals surface area contributed by atoms with E-state index in [1.54, 1.807) is 0 Å². The van der Waals surface area contributed by atoms with Gasteiger partial charge in [0.25, 0.3) is 0 Å². The number of rotatable bonds is 6. The Morgan fingerprint density at radius 2 is 2.06 bits per heavy atom. The lowest BCUT2D eigenvalue weighted by atomic mass is 9.94. The Morgan fingerprint density at radius 1 is 1.31 bits per heavy atom. The summed E-state index contributed by atoms with van der Waals surface area (Å²) in [5.74, 6) is 0.410. The molecule has 0 heterocycles. The predicted octanol–water partition coefficient (Wildman–Crippen LogP) is 1.10. The molecule has 1 fully saturated rings. The molecule has 16 heavy (non-hydrogen) atoms. The zero-order valence-corrected chi connectivity index (χ0v) is 10.8. The maximum Gasteiger partial charge on any atom is 0.152 e. The first-order chi connectivity index (χ1) is 7.53. The third-order valence-electron chi connectivity index (χ3n) is 2.93. The van der Waals surface area contributed by atoms with E-state index in [1.165, 1.54) is 0 Å². The maximum atomic E-state index is 11.4. The van der Waals surface area contributed by atoms with Crippen LogP contribution >= 0.6 is 0 Å². The van der Waals surface area contributed by atoms with Crippen LogP contribution in [-0.2, 0) is 14.6 Å². The number of hydrogen-bond donors (Lipinski definition) is 1. The average Bonchev–Trinajstić information content (AvgIpc) is 2.17. The molecule has 0 aromatic rings. The fourth-order valence-electron chi connectivity index (χ4n) is 2.09. The van der Waals surface area contributed by atoms with Crippen LogP contribution in [0, 0.1) is 0 Å². The number of nitrogens with two attached hydrogens (primary N) is 1. The van der Waals surface area contributed by atoms with Gasteiger partial charge in [-0.3, -0.25) is 0 Å². The molecular weight excluding hydrogens is 226 g/mol. The Bertz CT molecular complexity index is 290. The normalized spacial score (nSPS) is 26.9. The fraction of sp³-hybridized carbons (Fsp3) is 1.00. The molecule has 2 atom stereocenters. The van der Waals surface area contributed by atoms with Gasteiger partial charge in [0.1, 0.15) is 0 Å². The van der Waals surface area contributed by atoms with Gasteiger partial charge < -0.3 is 10.5 Å². The lowest BCUT2D eigenvalue weighted by Crippen LogP contribution is -2.33. The molecule has 0 aromatic heterocycles. The predicted molar refractivity (Wildman–Crippen MR) is 65.1 cm³/mol. The van der Waals surface area contributed by atoms with Crippen molar-refractivity contribution in [3.05, 3.63) is 0 Å². The second kappa shape index (κ2) is 6.57. The van der Waals surface area contributed by atoms with Gasteiger partial charge in [-0.25, -0.2) is 8.42 Å². The molecule has 5 heteroatoms. The average molecular weight is 249 g/mol. The van der Waals surface area contributed by atoms with E-state index >= 15 is 0 Å². The van der Waals surface area contributed by atoms with Crippen molar-refractivity contribution in [2.24, 2.45) is 5.73 Å². The van der Waals surface area contributed by atoms with E-state index in [-0.39, 0.29) is 23.7 Å². The lowest BCUT2D eigenvalue weighted by Gasteiger charge is -2.26. The first-order valence-electron chi connectivity index (χ1n) is 6.11. The molecule has 96 valence electrons. The summed E-state index contributed by atoms with van der Waals surface area (Å²) in [5, 5.41) is 0. The summed E-state index contributed by atoms with van der Waals surface area (Å²) in [6.45, 7) is 2.19. The summed E-state index contributed by atoms with van der Waals surface area (Å²) in [6, 6.07) is 0.228. The minimum Gasteiger partial charge on any atom is -0.377 e. The van der Waals surface area contributed by atoms with Crippen molar-refractivity contribution in [3.8, 4) is 0 Å². The van der Waals surface area contributed by atoms with Crippen molar-refractivity contribution < 1.29 is 13.2 Å². The van der Waals surface area contributed by atoms with Crippen molar-refractivity contribution in [1.29, 1.82) is 0 Å². The van der Waals surface area contributed by atoms with Gasteiger partial charge in [-0.1, -0.05) is 6.92 Å². The summed E-state index contributed by atoms with van der Waals surface area (Å²) < 4.78 is 28.4. The van der Waals surface area contributed by atoms with E-state index in [0.29, 0.717) is 13.0 Å². The number of sulfone groups is 1. The first kappa shape index (κ1) is 13.9. The van der Waals surface area contributed by atoms with Crippen molar-refractivity contribution in [3.63, 3.8) is 0 Å². The molecule has 0 aromatic carbocycles. The number of hydrogen-bond acceptors (Lipinski definition) is 4. The van der Waals surface area contributed by atoms with Crippen LogP contribution in [-0.4, -0.2) is 38.7 Å². The summed E-state index contributed by atoms with van der Waals surface area (Å²) in [6.07, 6.45) is 4.88. The maximum absolute atomic E-state index is 11.4. The van der Waals surface area contributed by atoms with E-state index in [1.807, 2.05) is 6.92 Å². The molecule has 4 nitrogen and oxygen atoms in total. The largest absolute Gasteiger partial charge is 0.377 e. The summed E-state index contributed by atoms with van der Waals surface area (Å²) in [5.41, 5.74) is 5.83. The van der Waals surface area contributed by atoms with Crippen LogP contribution in [0.15, 0.2) is 0 Å². The smallest absolute Gasteiger partial charge is 0.152 e. The Kier molecular flexibility index (Phi) is 5.72. The van der Waals surface area contributed by atoms with Gasteiger partial charge in [-0.05, 0) is 32.1 Å². The zero-order chi connectivity index (χ0) is 12.0. The van der Waals surface area contributed by atoms with E-state index in [4.69, 9.17) is 10.5 Å². The highest BCUT2D eigenvalue weighted by molar-refractivity contribution is 7.91. The Hall–Kier alpha value is -0.130. The monoisotopic (exact) mass is 249 g/mol. The molecule has 2 unspecified atom stereocenters. The van der Waals surface area contributed by atoms with Crippen LogP contribution in [0.5, 0.6) is 0 Å². The Labute approximate surface area is 98.5 Å². The molecule has 0 saturated heterocycles. The molecule has 1 aliphatic carbocycles. The topological polar surface area (TPSA) is 69.4 Å². The third-order valence-corrected chi connectivity index (χ3v) is 4.75. The lowest BCUT2D eigenvalue weighted by molar-refractivity contribution is 0.0327. The minimum absolute atomic E-state index is 0.145. The van der Waals surface area contributed by atoms with Crippen LogP contribution in [0.4, 0.5) is 0 Å². The Balaban J connectivity index is 2.19. The van der Waals surface area contributed by atoms with Gasteiger partial charge in [0.2, 0.25) is 0 Å².